The van der Waals surface area contributed by atoms with Crippen molar-refractivity contribution in [1.29, 1.82) is 0 Å². The molecule has 0 aliphatic carbocycles. The van der Waals surface area contributed by atoms with E-state index >= 15 is 0 Å². The van der Waals surface area contributed by atoms with Crippen molar-refractivity contribution >= 4 is 18.3 Å². The summed E-state index contributed by atoms with van der Waals surface area (Å²) in [5.41, 5.74) is 4.92. The molecule has 1 heterocycles. The highest BCUT2D eigenvalue weighted by atomic mass is 35.5. The van der Waals surface area contributed by atoms with Crippen molar-refractivity contribution in [2.45, 2.75) is 6.10 Å². The van der Waals surface area contributed by atoms with Crippen LogP contribution in [0.15, 0.2) is 0 Å². The number of halogens is 1. The molecule has 1 atom stereocenters. The predicted molar refractivity (Wildman–Crippen MR) is 37.0 cm³/mol. The lowest BCUT2D eigenvalue weighted by atomic mass is 10.3. The Bertz CT molecular complexity index is 113. The molecule has 1 rings (SSSR count). The molecule has 0 spiro atoms. The molecule has 1 unspecified atom stereocenters. The predicted octanol–water partition coefficient (Wildman–Crippen LogP) is -0.691. The monoisotopic (exact) mass is 167 g/mol. The van der Waals surface area contributed by atoms with Crippen LogP contribution in [0.5, 0.6) is 0 Å². The average Bonchev–Trinajstić information content (AvgIpc) is 1.90. The highest BCUT2D eigenvalue weighted by molar-refractivity contribution is 5.85. The van der Waals surface area contributed by atoms with E-state index in [1.54, 1.807) is 0 Å². The summed E-state index contributed by atoms with van der Waals surface area (Å²) in [5.74, 6) is -0.449. The number of carbonyl (C=O) groups excluding carboxylic acids is 1. The number of hydrogen-bond acceptors (Lipinski definition) is 3. The van der Waals surface area contributed by atoms with E-state index in [0.717, 1.165) is 0 Å². The highest BCUT2D eigenvalue weighted by Gasteiger charge is 2.18. The lowest BCUT2D eigenvalue weighted by Crippen LogP contribution is -2.39. The number of rotatable bonds is 1. The Kier molecular flexibility index (Phi) is 4.34. The minimum Gasteiger partial charge on any atom is -0.376 e. The van der Waals surface area contributed by atoms with Crippen molar-refractivity contribution in [3.05, 3.63) is 0 Å². The first-order chi connectivity index (χ1) is 4.30. The van der Waals surface area contributed by atoms with Gasteiger partial charge in [0.2, 0.25) is 5.91 Å². The fourth-order valence-corrected chi connectivity index (χ4v) is 0.652. The second kappa shape index (κ2) is 4.49. The topological polar surface area (TPSA) is 61.6 Å². The van der Waals surface area contributed by atoms with Gasteiger partial charge >= 0.3 is 0 Å². The first kappa shape index (κ1) is 9.68. The van der Waals surface area contributed by atoms with Gasteiger partial charge < -0.3 is 15.2 Å². The zero-order chi connectivity index (χ0) is 6.69. The maximum atomic E-state index is 10.4. The SMILES string of the molecule is Cl.NC(=O)C1COCCO1. The molecule has 1 fully saturated rings. The van der Waals surface area contributed by atoms with Gasteiger partial charge in [-0.1, -0.05) is 0 Å². The van der Waals surface area contributed by atoms with Crippen LogP contribution in [-0.2, 0) is 14.3 Å². The van der Waals surface area contributed by atoms with Crippen molar-refractivity contribution in [3.8, 4) is 0 Å². The van der Waals surface area contributed by atoms with Crippen LogP contribution in [0.4, 0.5) is 0 Å². The molecule has 60 valence electrons. The van der Waals surface area contributed by atoms with Crippen molar-refractivity contribution in [3.63, 3.8) is 0 Å². The second-order valence-electron chi connectivity index (χ2n) is 1.84. The Hall–Kier alpha value is -0.320. The van der Waals surface area contributed by atoms with Gasteiger partial charge in [0.05, 0.1) is 19.8 Å². The lowest BCUT2D eigenvalue weighted by Gasteiger charge is -2.19. The summed E-state index contributed by atoms with van der Waals surface area (Å²) in [6, 6.07) is 0. The molecule has 0 radical (unpaired) electrons. The molecule has 0 bridgehead atoms. The Labute approximate surface area is 65.1 Å². The Morgan fingerprint density at radius 3 is 2.50 bits per heavy atom. The second-order valence-corrected chi connectivity index (χ2v) is 1.84. The molecular formula is C5H10ClNO3. The zero-order valence-electron chi connectivity index (χ0n) is 5.41. The quantitative estimate of drug-likeness (QED) is 0.562. The van der Waals surface area contributed by atoms with Crippen LogP contribution in [0.3, 0.4) is 0 Å². The summed E-state index contributed by atoms with van der Waals surface area (Å²) in [6.45, 7) is 1.33. The molecule has 4 nitrogen and oxygen atoms in total. The third-order valence-electron chi connectivity index (χ3n) is 1.13. The molecular weight excluding hydrogens is 158 g/mol. The van der Waals surface area contributed by atoms with E-state index in [9.17, 15) is 4.79 Å². The Morgan fingerprint density at radius 1 is 1.50 bits per heavy atom. The van der Waals surface area contributed by atoms with Crippen LogP contribution >= 0.6 is 12.4 Å². The van der Waals surface area contributed by atoms with Crippen LogP contribution in [0.1, 0.15) is 0 Å². The first-order valence-corrected chi connectivity index (χ1v) is 2.79. The van der Waals surface area contributed by atoms with Crippen LogP contribution in [-0.4, -0.2) is 31.8 Å². The number of nitrogens with two attached hydrogens (primary N) is 1. The summed E-state index contributed by atoms with van der Waals surface area (Å²) in [6.07, 6.45) is -0.529. The van der Waals surface area contributed by atoms with E-state index in [4.69, 9.17) is 15.2 Å². The van der Waals surface area contributed by atoms with E-state index in [1.165, 1.54) is 0 Å². The normalized spacial score (nSPS) is 25.0. The number of carbonyl (C=O) groups is 1. The van der Waals surface area contributed by atoms with E-state index in [0.29, 0.717) is 19.8 Å². The van der Waals surface area contributed by atoms with E-state index in [1.807, 2.05) is 0 Å². The zero-order valence-corrected chi connectivity index (χ0v) is 6.23. The van der Waals surface area contributed by atoms with Gasteiger partial charge in [-0.05, 0) is 0 Å². The molecule has 1 aliphatic rings. The molecule has 0 saturated carbocycles. The summed E-state index contributed by atoms with van der Waals surface area (Å²) in [5, 5.41) is 0. The summed E-state index contributed by atoms with van der Waals surface area (Å²) in [4.78, 5) is 10.4. The van der Waals surface area contributed by atoms with Gasteiger partial charge in [-0.25, -0.2) is 0 Å². The van der Waals surface area contributed by atoms with Crippen LogP contribution in [0, 0.1) is 0 Å². The maximum Gasteiger partial charge on any atom is 0.248 e. The highest BCUT2D eigenvalue weighted by Crippen LogP contribution is 1.98. The van der Waals surface area contributed by atoms with E-state index in [-0.39, 0.29) is 12.4 Å². The van der Waals surface area contributed by atoms with Gasteiger partial charge in [0.15, 0.2) is 6.10 Å². The van der Waals surface area contributed by atoms with Gasteiger partial charge in [0, 0.05) is 0 Å². The summed E-state index contributed by atoms with van der Waals surface area (Å²) >= 11 is 0. The van der Waals surface area contributed by atoms with Gasteiger partial charge in [-0.15, -0.1) is 12.4 Å². The van der Waals surface area contributed by atoms with Gasteiger partial charge in [0.1, 0.15) is 0 Å². The fourth-order valence-electron chi connectivity index (χ4n) is 0.652. The minimum atomic E-state index is -0.529. The van der Waals surface area contributed by atoms with E-state index < -0.39 is 12.0 Å². The third-order valence-corrected chi connectivity index (χ3v) is 1.13. The van der Waals surface area contributed by atoms with Crippen molar-refractivity contribution in [1.82, 2.24) is 0 Å². The summed E-state index contributed by atoms with van der Waals surface area (Å²) in [7, 11) is 0. The number of ether oxygens (including phenoxy) is 2. The molecule has 0 aromatic rings. The molecule has 0 aromatic carbocycles. The third kappa shape index (κ3) is 2.51. The minimum absolute atomic E-state index is 0. The number of amides is 1. The average molecular weight is 168 g/mol. The molecule has 5 heteroatoms. The molecule has 1 amide bonds. The molecule has 1 saturated heterocycles. The summed E-state index contributed by atoms with van der Waals surface area (Å²) < 4.78 is 9.86. The Balaban J connectivity index is 0.000000810. The van der Waals surface area contributed by atoms with Crippen molar-refractivity contribution in [2.24, 2.45) is 5.73 Å². The molecule has 10 heavy (non-hydrogen) atoms. The van der Waals surface area contributed by atoms with Crippen LogP contribution in [0.2, 0.25) is 0 Å². The first-order valence-electron chi connectivity index (χ1n) is 2.79. The smallest absolute Gasteiger partial charge is 0.248 e. The maximum absolute atomic E-state index is 10.4. The number of hydrogen-bond donors (Lipinski definition) is 1. The molecule has 0 aromatic heterocycles. The molecule has 1 aliphatic heterocycles. The van der Waals surface area contributed by atoms with Crippen LogP contribution in [0.25, 0.3) is 0 Å². The van der Waals surface area contributed by atoms with Crippen molar-refractivity contribution < 1.29 is 14.3 Å². The van der Waals surface area contributed by atoms with Crippen molar-refractivity contribution in [2.75, 3.05) is 19.8 Å². The van der Waals surface area contributed by atoms with Gasteiger partial charge in [-0.3, -0.25) is 4.79 Å². The lowest BCUT2D eigenvalue weighted by molar-refractivity contribution is -0.144. The standard InChI is InChI=1S/C5H9NO3.ClH/c6-5(7)4-3-8-1-2-9-4;/h4H,1-3H2,(H2,6,7);1H. The van der Waals surface area contributed by atoms with Gasteiger partial charge in [0.25, 0.3) is 0 Å². The fraction of sp³-hybridized carbons (Fsp3) is 0.800. The number of primary amides is 1. The largest absolute Gasteiger partial charge is 0.376 e. The van der Waals surface area contributed by atoms with Crippen LogP contribution < -0.4 is 5.73 Å². The van der Waals surface area contributed by atoms with Gasteiger partial charge in [-0.2, -0.15) is 0 Å². The van der Waals surface area contributed by atoms with E-state index in [2.05, 4.69) is 0 Å². The Morgan fingerprint density at radius 2 is 2.20 bits per heavy atom. The molecule has 2 N–H and O–H groups in total.